The number of aryl methyl sites for hydroxylation is 1. The SMILES string of the molecule is CC(c1ccccn1)c1nc(-c2cnn(CCF)c2)no1. The van der Waals surface area contributed by atoms with Gasteiger partial charge in [-0.3, -0.25) is 9.67 Å². The van der Waals surface area contributed by atoms with Gasteiger partial charge in [0.25, 0.3) is 0 Å². The lowest BCUT2D eigenvalue weighted by atomic mass is 10.1. The van der Waals surface area contributed by atoms with E-state index in [0.29, 0.717) is 17.3 Å². The number of hydrogen-bond donors (Lipinski definition) is 0. The zero-order valence-electron chi connectivity index (χ0n) is 11.5. The van der Waals surface area contributed by atoms with Crippen LogP contribution in [0.5, 0.6) is 0 Å². The number of pyridine rings is 1. The van der Waals surface area contributed by atoms with Gasteiger partial charge >= 0.3 is 0 Å². The lowest BCUT2D eigenvalue weighted by Gasteiger charge is -2.03. The molecule has 3 heterocycles. The highest BCUT2D eigenvalue weighted by atomic mass is 19.1. The van der Waals surface area contributed by atoms with Crippen LogP contribution in [0.15, 0.2) is 41.3 Å². The summed E-state index contributed by atoms with van der Waals surface area (Å²) in [5.41, 5.74) is 1.56. The normalized spacial score (nSPS) is 12.5. The maximum Gasteiger partial charge on any atom is 0.235 e. The number of rotatable bonds is 5. The third-order valence-electron chi connectivity index (χ3n) is 3.15. The maximum atomic E-state index is 12.3. The fourth-order valence-corrected chi connectivity index (χ4v) is 1.97. The molecule has 0 spiro atoms. The Morgan fingerprint density at radius 2 is 2.29 bits per heavy atom. The van der Waals surface area contributed by atoms with Gasteiger partial charge in [0.15, 0.2) is 0 Å². The van der Waals surface area contributed by atoms with E-state index in [1.54, 1.807) is 18.6 Å². The van der Waals surface area contributed by atoms with E-state index in [4.69, 9.17) is 4.52 Å². The molecule has 0 bridgehead atoms. The third kappa shape index (κ3) is 2.81. The van der Waals surface area contributed by atoms with E-state index in [9.17, 15) is 4.39 Å². The van der Waals surface area contributed by atoms with Gasteiger partial charge in [-0.2, -0.15) is 10.1 Å². The molecule has 0 amide bonds. The summed E-state index contributed by atoms with van der Waals surface area (Å²) < 4.78 is 19.1. The molecule has 1 unspecified atom stereocenters. The lowest BCUT2D eigenvalue weighted by Crippen LogP contribution is -1.99. The number of aromatic nitrogens is 5. The van der Waals surface area contributed by atoms with Crippen LogP contribution in [0.4, 0.5) is 4.39 Å². The molecule has 0 aliphatic carbocycles. The fourth-order valence-electron chi connectivity index (χ4n) is 1.97. The van der Waals surface area contributed by atoms with Crippen molar-refractivity contribution in [3.05, 3.63) is 48.4 Å². The van der Waals surface area contributed by atoms with Crippen molar-refractivity contribution >= 4 is 0 Å². The monoisotopic (exact) mass is 287 g/mol. The van der Waals surface area contributed by atoms with E-state index >= 15 is 0 Å². The molecule has 0 saturated carbocycles. The maximum absolute atomic E-state index is 12.3. The van der Waals surface area contributed by atoms with Crippen LogP contribution in [-0.2, 0) is 6.54 Å². The van der Waals surface area contributed by atoms with Gasteiger partial charge in [-0.05, 0) is 19.1 Å². The number of hydrogen-bond acceptors (Lipinski definition) is 5. The quantitative estimate of drug-likeness (QED) is 0.721. The van der Waals surface area contributed by atoms with Gasteiger partial charge < -0.3 is 4.52 Å². The zero-order valence-corrected chi connectivity index (χ0v) is 11.5. The first-order valence-corrected chi connectivity index (χ1v) is 6.61. The molecule has 0 saturated heterocycles. The molecule has 7 heteroatoms. The Morgan fingerprint density at radius 1 is 1.38 bits per heavy atom. The van der Waals surface area contributed by atoms with Gasteiger partial charge in [0.05, 0.1) is 29.9 Å². The second-order valence-electron chi connectivity index (χ2n) is 4.61. The van der Waals surface area contributed by atoms with Crippen LogP contribution in [0.2, 0.25) is 0 Å². The Morgan fingerprint density at radius 3 is 3.05 bits per heavy atom. The smallest absolute Gasteiger partial charge is 0.235 e. The van der Waals surface area contributed by atoms with Crippen molar-refractivity contribution in [1.29, 1.82) is 0 Å². The van der Waals surface area contributed by atoms with Gasteiger partial charge in [-0.1, -0.05) is 11.2 Å². The van der Waals surface area contributed by atoms with E-state index in [2.05, 4.69) is 20.2 Å². The van der Waals surface area contributed by atoms with E-state index in [-0.39, 0.29) is 12.5 Å². The van der Waals surface area contributed by atoms with Crippen molar-refractivity contribution in [3.8, 4) is 11.4 Å². The van der Waals surface area contributed by atoms with Crippen molar-refractivity contribution in [3.63, 3.8) is 0 Å². The molecule has 0 aromatic carbocycles. The molecule has 1 atom stereocenters. The molecule has 0 fully saturated rings. The first kappa shape index (κ1) is 13.4. The Kier molecular flexibility index (Phi) is 3.72. The average Bonchev–Trinajstić information content (AvgIpc) is 3.16. The average molecular weight is 287 g/mol. The van der Waals surface area contributed by atoms with Crippen LogP contribution in [-0.4, -0.2) is 31.6 Å². The molecule has 6 nitrogen and oxygen atoms in total. The minimum absolute atomic E-state index is 0.0895. The first-order valence-electron chi connectivity index (χ1n) is 6.61. The molecule has 3 aromatic rings. The van der Waals surface area contributed by atoms with Crippen LogP contribution in [0.25, 0.3) is 11.4 Å². The summed E-state index contributed by atoms with van der Waals surface area (Å²) in [6, 6.07) is 5.68. The van der Waals surface area contributed by atoms with Crippen LogP contribution in [0, 0.1) is 0 Å². The highest BCUT2D eigenvalue weighted by molar-refractivity contribution is 5.51. The minimum atomic E-state index is -0.463. The minimum Gasteiger partial charge on any atom is -0.338 e. The largest absolute Gasteiger partial charge is 0.338 e. The summed E-state index contributed by atoms with van der Waals surface area (Å²) in [7, 11) is 0. The van der Waals surface area contributed by atoms with Crippen molar-refractivity contribution in [2.45, 2.75) is 19.4 Å². The lowest BCUT2D eigenvalue weighted by molar-refractivity contribution is 0.369. The van der Waals surface area contributed by atoms with Gasteiger partial charge in [0.2, 0.25) is 11.7 Å². The molecule has 0 aliphatic rings. The topological polar surface area (TPSA) is 69.6 Å². The molecule has 0 radical (unpaired) electrons. The van der Waals surface area contributed by atoms with Gasteiger partial charge in [-0.15, -0.1) is 0 Å². The molecule has 3 aromatic heterocycles. The second-order valence-corrected chi connectivity index (χ2v) is 4.61. The second kappa shape index (κ2) is 5.82. The third-order valence-corrected chi connectivity index (χ3v) is 3.15. The van der Waals surface area contributed by atoms with Crippen molar-refractivity contribution in [1.82, 2.24) is 24.9 Å². The zero-order chi connectivity index (χ0) is 14.7. The summed E-state index contributed by atoms with van der Waals surface area (Å²) in [5.74, 6) is 0.841. The van der Waals surface area contributed by atoms with Gasteiger partial charge in [-0.25, -0.2) is 4.39 Å². The summed E-state index contributed by atoms with van der Waals surface area (Å²) in [4.78, 5) is 8.64. The molecular formula is C14H14FN5O. The molecule has 3 rings (SSSR count). The summed E-state index contributed by atoms with van der Waals surface area (Å²) in [6.45, 7) is 1.70. The van der Waals surface area contributed by atoms with E-state index in [1.807, 2.05) is 25.1 Å². The predicted octanol–water partition coefficient (Wildman–Crippen LogP) is 2.45. The first-order chi connectivity index (χ1) is 10.3. The van der Waals surface area contributed by atoms with E-state index in [1.165, 1.54) is 4.68 Å². The Labute approximate surface area is 120 Å². The summed E-state index contributed by atoms with van der Waals surface area (Å²) >= 11 is 0. The Hall–Kier alpha value is -2.57. The Balaban J connectivity index is 1.82. The highest BCUT2D eigenvalue weighted by Gasteiger charge is 2.18. The summed E-state index contributed by atoms with van der Waals surface area (Å²) in [6.07, 6.45) is 5.01. The summed E-state index contributed by atoms with van der Waals surface area (Å²) in [5, 5.41) is 7.98. The molecule has 21 heavy (non-hydrogen) atoms. The van der Waals surface area contributed by atoms with Crippen LogP contribution in [0.1, 0.15) is 24.4 Å². The van der Waals surface area contributed by atoms with Crippen LogP contribution < -0.4 is 0 Å². The van der Waals surface area contributed by atoms with Gasteiger partial charge in [0, 0.05) is 12.4 Å². The van der Waals surface area contributed by atoms with E-state index < -0.39 is 6.67 Å². The number of halogens is 1. The standard InChI is InChI=1S/C14H14FN5O/c1-10(12-4-2-3-6-16-12)14-18-13(19-21-14)11-8-17-20(9-11)7-5-15/h2-4,6,8-10H,5,7H2,1H3. The fraction of sp³-hybridized carbons (Fsp3) is 0.286. The molecular weight excluding hydrogens is 273 g/mol. The number of nitrogens with zero attached hydrogens (tertiary/aromatic N) is 5. The van der Waals surface area contributed by atoms with Crippen molar-refractivity contribution in [2.24, 2.45) is 0 Å². The number of alkyl halides is 1. The van der Waals surface area contributed by atoms with Crippen molar-refractivity contribution < 1.29 is 8.91 Å². The van der Waals surface area contributed by atoms with Crippen LogP contribution >= 0.6 is 0 Å². The predicted molar refractivity (Wildman–Crippen MR) is 73.2 cm³/mol. The van der Waals surface area contributed by atoms with Gasteiger partial charge in [0.1, 0.15) is 6.67 Å². The van der Waals surface area contributed by atoms with Crippen molar-refractivity contribution in [2.75, 3.05) is 6.67 Å². The molecule has 108 valence electrons. The highest BCUT2D eigenvalue weighted by Crippen LogP contribution is 2.23. The van der Waals surface area contributed by atoms with E-state index in [0.717, 1.165) is 5.69 Å². The molecule has 0 N–H and O–H groups in total. The Bertz CT molecular complexity index is 709. The molecule has 0 aliphatic heterocycles. The van der Waals surface area contributed by atoms with Crippen LogP contribution in [0.3, 0.4) is 0 Å².